The van der Waals surface area contributed by atoms with Crippen LogP contribution in [0.2, 0.25) is 0 Å². The standard InChI is InChI=1S/C25H28FNO2/c1-16-21(13-17-7-9-18(10-8-17)25(2,3)4)20-12-11-19(26)14-23(20)22(16)15-24(28)27(5)29-6/h7-14H,15H2,1-6H3/b21-13-. The van der Waals surface area contributed by atoms with Gasteiger partial charge < -0.3 is 0 Å². The zero-order valence-corrected chi connectivity index (χ0v) is 18.0. The number of allylic oxidation sites excluding steroid dienone is 2. The lowest BCUT2D eigenvalue weighted by atomic mass is 9.86. The van der Waals surface area contributed by atoms with Crippen LogP contribution in [-0.2, 0) is 15.0 Å². The zero-order chi connectivity index (χ0) is 21.3. The van der Waals surface area contributed by atoms with E-state index < -0.39 is 0 Å². The highest BCUT2D eigenvalue weighted by Crippen LogP contribution is 2.44. The number of benzene rings is 2. The Kier molecular flexibility index (Phi) is 5.76. The number of carbonyl (C=O) groups is 1. The van der Waals surface area contributed by atoms with Crippen LogP contribution in [0.25, 0.3) is 17.2 Å². The second kappa shape index (κ2) is 7.96. The third-order valence-electron chi connectivity index (χ3n) is 5.49. The maximum Gasteiger partial charge on any atom is 0.250 e. The zero-order valence-electron chi connectivity index (χ0n) is 18.0. The van der Waals surface area contributed by atoms with E-state index in [1.807, 2.05) is 6.92 Å². The van der Waals surface area contributed by atoms with Crippen LogP contribution in [0.4, 0.5) is 4.39 Å². The van der Waals surface area contributed by atoms with Crippen LogP contribution in [0.3, 0.4) is 0 Å². The molecule has 0 radical (unpaired) electrons. The first-order valence-corrected chi connectivity index (χ1v) is 9.75. The molecule has 1 aliphatic carbocycles. The topological polar surface area (TPSA) is 29.5 Å². The van der Waals surface area contributed by atoms with Crippen LogP contribution < -0.4 is 0 Å². The summed E-state index contributed by atoms with van der Waals surface area (Å²) in [6.45, 7) is 8.56. The predicted molar refractivity (Wildman–Crippen MR) is 116 cm³/mol. The molecule has 1 amide bonds. The first kappa shape index (κ1) is 21.0. The van der Waals surface area contributed by atoms with E-state index in [-0.39, 0.29) is 23.6 Å². The number of rotatable bonds is 4. The number of nitrogens with zero attached hydrogens (tertiary/aromatic N) is 1. The molecule has 29 heavy (non-hydrogen) atoms. The van der Waals surface area contributed by atoms with Crippen LogP contribution in [0, 0.1) is 5.82 Å². The SMILES string of the molecule is CON(C)C(=O)CC1=C(C)/C(=C/c2ccc(C(C)(C)C)cc2)c2ccc(F)cc21. The Labute approximate surface area is 172 Å². The van der Waals surface area contributed by atoms with E-state index in [0.29, 0.717) is 0 Å². The molecule has 3 rings (SSSR count). The van der Waals surface area contributed by atoms with Gasteiger partial charge in [-0.25, -0.2) is 9.45 Å². The summed E-state index contributed by atoms with van der Waals surface area (Å²) in [5.74, 6) is -0.481. The number of carbonyl (C=O) groups excluding carboxylic acids is 1. The van der Waals surface area contributed by atoms with E-state index in [2.05, 4.69) is 51.1 Å². The molecule has 0 saturated heterocycles. The van der Waals surface area contributed by atoms with Crippen molar-refractivity contribution < 1.29 is 14.0 Å². The molecule has 1 aliphatic rings. The van der Waals surface area contributed by atoms with Crippen molar-refractivity contribution in [2.75, 3.05) is 14.2 Å². The van der Waals surface area contributed by atoms with Gasteiger partial charge in [-0.05, 0) is 69.5 Å². The Morgan fingerprint density at radius 1 is 1.10 bits per heavy atom. The van der Waals surface area contributed by atoms with Crippen molar-refractivity contribution in [2.24, 2.45) is 0 Å². The van der Waals surface area contributed by atoms with Gasteiger partial charge in [0.1, 0.15) is 5.82 Å². The first-order valence-electron chi connectivity index (χ1n) is 9.75. The molecular weight excluding hydrogens is 365 g/mol. The van der Waals surface area contributed by atoms with Crippen LogP contribution in [-0.4, -0.2) is 25.1 Å². The largest absolute Gasteiger partial charge is 0.275 e. The fraction of sp³-hybridized carbons (Fsp3) is 0.320. The molecule has 2 aromatic rings. The van der Waals surface area contributed by atoms with Crippen LogP contribution in [0.1, 0.15) is 56.4 Å². The van der Waals surface area contributed by atoms with E-state index in [1.165, 1.54) is 29.9 Å². The molecule has 4 heteroatoms. The smallest absolute Gasteiger partial charge is 0.250 e. The Bertz CT molecular complexity index is 994. The Morgan fingerprint density at radius 2 is 1.76 bits per heavy atom. The highest BCUT2D eigenvalue weighted by Gasteiger charge is 2.26. The van der Waals surface area contributed by atoms with Gasteiger partial charge in [-0.15, -0.1) is 0 Å². The lowest BCUT2D eigenvalue weighted by molar-refractivity contribution is -0.167. The minimum absolute atomic E-state index is 0.0971. The highest BCUT2D eigenvalue weighted by molar-refractivity contribution is 6.08. The van der Waals surface area contributed by atoms with Gasteiger partial charge in [0.25, 0.3) is 0 Å². The van der Waals surface area contributed by atoms with E-state index in [0.717, 1.165) is 33.4 Å². The van der Waals surface area contributed by atoms with E-state index in [4.69, 9.17) is 4.84 Å². The fourth-order valence-corrected chi connectivity index (χ4v) is 3.59. The molecule has 0 atom stereocenters. The van der Waals surface area contributed by atoms with Crippen LogP contribution >= 0.6 is 0 Å². The van der Waals surface area contributed by atoms with Crippen LogP contribution in [0.5, 0.6) is 0 Å². The van der Waals surface area contributed by atoms with Crippen molar-refractivity contribution in [1.29, 1.82) is 0 Å². The Hall–Kier alpha value is -2.72. The molecule has 0 N–H and O–H groups in total. The maximum atomic E-state index is 14.0. The normalized spacial score (nSPS) is 15.1. The minimum Gasteiger partial charge on any atom is -0.275 e. The summed E-state index contributed by atoms with van der Waals surface area (Å²) >= 11 is 0. The summed E-state index contributed by atoms with van der Waals surface area (Å²) in [5.41, 5.74) is 7.02. The lowest BCUT2D eigenvalue weighted by Gasteiger charge is -2.18. The molecule has 0 fully saturated rings. The maximum absolute atomic E-state index is 14.0. The molecule has 0 bridgehead atoms. The van der Waals surface area contributed by atoms with Crippen molar-refractivity contribution in [1.82, 2.24) is 5.06 Å². The van der Waals surface area contributed by atoms with E-state index in [1.54, 1.807) is 13.1 Å². The monoisotopic (exact) mass is 393 g/mol. The van der Waals surface area contributed by atoms with Crippen molar-refractivity contribution in [3.8, 4) is 0 Å². The van der Waals surface area contributed by atoms with Gasteiger partial charge in [0, 0.05) is 7.05 Å². The van der Waals surface area contributed by atoms with Gasteiger partial charge in [-0.3, -0.25) is 9.63 Å². The fourth-order valence-electron chi connectivity index (χ4n) is 3.59. The molecule has 3 nitrogen and oxygen atoms in total. The quantitative estimate of drug-likeness (QED) is 0.609. The number of hydroxylamine groups is 2. The number of hydrogen-bond acceptors (Lipinski definition) is 2. The summed E-state index contributed by atoms with van der Waals surface area (Å²) in [4.78, 5) is 17.4. The number of amides is 1. The number of fused-ring (bicyclic) bond motifs is 1. The minimum atomic E-state index is -0.308. The first-order chi connectivity index (χ1) is 13.6. The van der Waals surface area contributed by atoms with Crippen molar-refractivity contribution in [3.05, 3.63) is 76.1 Å². The molecule has 0 saturated carbocycles. The molecule has 0 spiro atoms. The van der Waals surface area contributed by atoms with Gasteiger partial charge in [0.2, 0.25) is 5.91 Å². The molecule has 0 unspecified atom stereocenters. The third-order valence-corrected chi connectivity index (χ3v) is 5.49. The van der Waals surface area contributed by atoms with E-state index in [9.17, 15) is 9.18 Å². The number of halogens is 1. The second-order valence-corrected chi connectivity index (χ2v) is 8.47. The third kappa shape index (κ3) is 4.33. The molecule has 152 valence electrons. The predicted octanol–water partition coefficient (Wildman–Crippen LogP) is 5.86. The summed E-state index contributed by atoms with van der Waals surface area (Å²) < 4.78 is 14.0. The van der Waals surface area contributed by atoms with Gasteiger partial charge in [0.05, 0.1) is 13.5 Å². The molecule has 0 aliphatic heterocycles. The van der Waals surface area contributed by atoms with Gasteiger partial charge in [-0.2, -0.15) is 0 Å². The van der Waals surface area contributed by atoms with E-state index >= 15 is 0 Å². The summed E-state index contributed by atoms with van der Waals surface area (Å²) in [6, 6.07) is 13.3. The van der Waals surface area contributed by atoms with Crippen molar-refractivity contribution >= 4 is 23.1 Å². The van der Waals surface area contributed by atoms with Crippen molar-refractivity contribution in [3.63, 3.8) is 0 Å². The summed E-state index contributed by atoms with van der Waals surface area (Å²) in [7, 11) is 3.03. The Balaban J connectivity index is 2.04. The number of hydrogen-bond donors (Lipinski definition) is 0. The summed E-state index contributed by atoms with van der Waals surface area (Å²) in [5, 5.41) is 1.20. The van der Waals surface area contributed by atoms with Gasteiger partial charge in [0.15, 0.2) is 0 Å². The molecule has 0 aromatic heterocycles. The van der Waals surface area contributed by atoms with Gasteiger partial charge >= 0.3 is 0 Å². The Morgan fingerprint density at radius 3 is 2.34 bits per heavy atom. The summed E-state index contributed by atoms with van der Waals surface area (Å²) in [6.07, 6.45) is 2.27. The second-order valence-electron chi connectivity index (χ2n) is 8.47. The average Bonchev–Trinajstić information content (AvgIpc) is 2.92. The average molecular weight is 394 g/mol. The highest BCUT2D eigenvalue weighted by atomic mass is 19.1. The molecule has 0 heterocycles. The molecular formula is C25H28FNO2. The molecule has 2 aromatic carbocycles. The lowest BCUT2D eigenvalue weighted by Crippen LogP contribution is -2.25. The van der Waals surface area contributed by atoms with Crippen molar-refractivity contribution in [2.45, 2.75) is 39.5 Å². The van der Waals surface area contributed by atoms with Crippen LogP contribution in [0.15, 0.2) is 48.0 Å². The van der Waals surface area contributed by atoms with Gasteiger partial charge in [-0.1, -0.05) is 51.1 Å².